The molecule has 0 aliphatic carbocycles. The van der Waals surface area contributed by atoms with Crippen molar-refractivity contribution in [1.82, 2.24) is 4.90 Å². The Morgan fingerprint density at radius 3 is 2.20 bits per heavy atom. The van der Waals surface area contributed by atoms with Crippen LogP contribution in [-0.2, 0) is 0 Å². The van der Waals surface area contributed by atoms with Crippen LogP contribution >= 0.6 is 0 Å². The minimum Gasteiger partial charge on any atom is -0.492 e. The van der Waals surface area contributed by atoms with E-state index in [0.29, 0.717) is 31.0 Å². The molecule has 0 saturated carbocycles. The molecule has 25 heavy (non-hydrogen) atoms. The zero-order valence-corrected chi connectivity index (χ0v) is 13.7. The van der Waals surface area contributed by atoms with Crippen molar-refractivity contribution in [2.75, 3.05) is 26.7 Å². The Kier molecular flexibility index (Phi) is 7.09. The monoisotopic (exact) mass is 355 g/mol. The molecule has 0 fully saturated rings. The van der Waals surface area contributed by atoms with Crippen molar-refractivity contribution in [2.24, 2.45) is 0 Å². The highest BCUT2D eigenvalue weighted by Crippen LogP contribution is 2.20. The third-order valence-electron chi connectivity index (χ3n) is 3.53. The Labute approximate surface area is 144 Å². The molecule has 0 aliphatic rings. The van der Waals surface area contributed by atoms with E-state index in [1.165, 1.54) is 24.3 Å². The summed E-state index contributed by atoms with van der Waals surface area (Å²) >= 11 is 0. The molecule has 0 radical (unpaired) electrons. The van der Waals surface area contributed by atoms with E-state index in [1.807, 2.05) is 11.9 Å². The molecule has 0 amide bonds. The standard InChI is InChI=1S/C18H20F3NO3/c1-22(10-11-24-15-8-4-14(19)5-9-15)12-17(23)13-2-6-16(7-3-13)25-18(20)21/h2-9,17-18,23H,10-12H2,1H3. The fourth-order valence-electron chi connectivity index (χ4n) is 2.21. The zero-order valence-electron chi connectivity index (χ0n) is 13.7. The third-order valence-corrected chi connectivity index (χ3v) is 3.53. The molecular formula is C18H20F3NO3. The van der Waals surface area contributed by atoms with E-state index >= 15 is 0 Å². The van der Waals surface area contributed by atoms with Gasteiger partial charge in [-0.25, -0.2) is 4.39 Å². The Morgan fingerprint density at radius 1 is 1.00 bits per heavy atom. The van der Waals surface area contributed by atoms with E-state index in [0.717, 1.165) is 0 Å². The number of ether oxygens (including phenoxy) is 2. The summed E-state index contributed by atoms with van der Waals surface area (Å²) in [5.41, 5.74) is 0.605. The third kappa shape index (κ3) is 6.64. The van der Waals surface area contributed by atoms with Crippen LogP contribution in [0.15, 0.2) is 48.5 Å². The number of nitrogens with zero attached hydrogens (tertiary/aromatic N) is 1. The average Bonchev–Trinajstić information content (AvgIpc) is 2.56. The van der Waals surface area contributed by atoms with E-state index in [2.05, 4.69) is 4.74 Å². The SMILES string of the molecule is CN(CCOc1ccc(F)cc1)CC(O)c1ccc(OC(F)F)cc1. The van der Waals surface area contributed by atoms with Crippen molar-refractivity contribution in [1.29, 1.82) is 0 Å². The van der Waals surface area contributed by atoms with Crippen LogP contribution in [0.1, 0.15) is 11.7 Å². The molecule has 136 valence electrons. The van der Waals surface area contributed by atoms with Crippen molar-refractivity contribution in [3.8, 4) is 11.5 Å². The van der Waals surface area contributed by atoms with Crippen LogP contribution in [-0.4, -0.2) is 43.4 Å². The van der Waals surface area contributed by atoms with Gasteiger partial charge in [0.15, 0.2) is 0 Å². The molecule has 7 heteroatoms. The van der Waals surface area contributed by atoms with Gasteiger partial charge in [-0.1, -0.05) is 12.1 Å². The summed E-state index contributed by atoms with van der Waals surface area (Å²) in [6, 6.07) is 11.6. The van der Waals surface area contributed by atoms with Crippen LogP contribution in [0, 0.1) is 5.82 Å². The van der Waals surface area contributed by atoms with Gasteiger partial charge >= 0.3 is 6.61 Å². The molecule has 0 aliphatic heterocycles. The number of hydrogen-bond acceptors (Lipinski definition) is 4. The number of hydrogen-bond donors (Lipinski definition) is 1. The molecule has 1 N–H and O–H groups in total. The maximum Gasteiger partial charge on any atom is 0.387 e. The molecule has 2 aromatic rings. The fourth-order valence-corrected chi connectivity index (χ4v) is 2.21. The molecule has 1 atom stereocenters. The highest BCUT2D eigenvalue weighted by atomic mass is 19.3. The first-order chi connectivity index (χ1) is 11.9. The molecule has 0 saturated heterocycles. The van der Waals surface area contributed by atoms with Gasteiger partial charge in [-0.3, -0.25) is 0 Å². The normalized spacial score (nSPS) is 12.4. The first-order valence-corrected chi connectivity index (χ1v) is 7.74. The minimum atomic E-state index is -2.87. The maximum atomic E-state index is 12.8. The van der Waals surface area contributed by atoms with Crippen LogP contribution in [0.25, 0.3) is 0 Å². The summed E-state index contributed by atoms with van der Waals surface area (Å²) in [5.74, 6) is 0.300. The number of likely N-dealkylation sites (N-methyl/N-ethyl adjacent to an activating group) is 1. The van der Waals surface area contributed by atoms with Crippen LogP contribution in [0.2, 0.25) is 0 Å². The number of aliphatic hydroxyl groups is 1. The fraction of sp³-hybridized carbons (Fsp3) is 0.333. The van der Waals surface area contributed by atoms with Crippen LogP contribution in [0.5, 0.6) is 11.5 Å². The minimum absolute atomic E-state index is 0.0482. The van der Waals surface area contributed by atoms with E-state index < -0.39 is 12.7 Å². The van der Waals surface area contributed by atoms with E-state index in [1.54, 1.807) is 24.3 Å². The Balaban J connectivity index is 1.75. The predicted octanol–water partition coefficient (Wildman–Crippen LogP) is 3.47. The number of aliphatic hydroxyl groups excluding tert-OH is 1. The van der Waals surface area contributed by atoms with Crippen molar-refractivity contribution >= 4 is 0 Å². The van der Waals surface area contributed by atoms with Gasteiger partial charge in [-0.15, -0.1) is 0 Å². The summed E-state index contributed by atoms with van der Waals surface area (Å²) in [4.78, 5) is 1.87. The van der Waals surface area contributed by atoms with Gasteiger partial charge in [0.05, 0.1) is 6.10 Å². The summed E-state index contributed by atoms with van der Waals surface area (Å²) in [6.07, 6.45) is -0.767. The smallest absolute Gasteiger partial charge is 0.387 e. The number of benzene rings is 2. The average molecular weight is 355 g/mol. The van der Waals surface area contributed by atoms with Crippen molar-refractivity contribution in [2.45, 2.75) is 12.7 Å². The lowest BCUT2D eigenvalue weighted by Gasteiger charge is -2.21. The quantitative estimate of drug-likeness (QED) is 0.748. The molecule has 0 heterocycles. The van der Waals surface area contributed by atoms with Crippen LogP contribution in [0.3, 0.4) is 0 Å². The van der Waals surface area contributed by atoms with Crippen molar-refractivity contribution in [3.63, 3.8) is 0 Å². The van der Waals surface area contributed by atoms with Gasteiger partial charge in [0.2, 0.25) is 0 Å². The Hall–Kier alpha value is -2.25. The topological polar surface area (TPSA) is 41.9 Å². The number of alkyl halides is 2. The van der Waals surface area contributed by atoms with Crippen molar-refractivity contribution in [3.05, 3.63) is 59.9 Å². The molecule has 0 spiro atoms. The van der Waals surface area contributed by atoms with Crippen LogP contribution < -0.4 is 9.47 Å². The second-order valence-electron chi connectivity index (χ2n) is 5.53. The van der Waals surface area contributed by atoms with Crippen molar-refractivity contribution < 1.29 is 27.8 Å². The van der Waals surface area contributed by atoms with E-state index in [4.69, 9.17) is 4.74 Å². The zero-order chi connectivity index (χ0) is 18.2. The van der Waals surface area contributed by atoms with Gasteiger partial charge in [0.1, 0.15) is 23.9 Å². The first-order valence-electron chi connectivity index (χ1n) is 7.74. The largest absolute Gasteiger partial charge is 0.492 e. The lowest BCUT2D eigenvalue weighted by Crippen LogP contribution is -2.28. The van der Waals surface area contributed by atoms with Gasteiger partial charge < -0.3 is 19.5 Å². The first kappa shape index (κ1) is 19.1. The maximum absolute atomic E-state index is 12.8. The molecule has 4 nitrogen and oxygen atoms in total. The second-order valence-corrected chi connectivity index (χ2v) is 5.53. The summed E-state index contributed by atoms with van der Waals surface area (Å²) in [7, 11) is 1.82. The summed E-state index contributed by atoms with van der Waals surface area (Å²) in [6.45, 7) is -1.58. The molecular weight excluding hydrogens is 335 g/mol. The van der Waals surface area contributed by atoms with Crippen LogP contribution in [0.4, 0.5) is 13.2 Å². The molecule has 1 unspecified atom stereocenters. The summed E-state index contributed by atoms with van der Waals surface area (Å²) in [5, 5.41) is 10.2. The lowest BCUT2D eigenvalue weighted by atomic mass is 10.1. The number of rotatable bonds is 9. The van der Waals surface area contributed by atoms with E-state index in [-0.39, 0.29) is 11.6 Å². The van der Waals surface area contributed by atoms with Gasteiger partial charge in [0.25, 0.3) is 0 Å². The molecule has 2 aromatic carbocycles. The molecule has 0 bridgehead atoms. The molecule has 0 aromatic heterocycles. The second kappa shape index (κ2) is 9.29. The predicted molar refractivity (Wildman–Crippen MR) is 87.4 cm³/mol. The molecule has 2 rings (SSSR count). The lowest BCUT2D eigenvalue weighted by molar-refractivity contribution is -0.0498. The van der Waals surface area contributed by atoms with Gasteiger partial charge in [-0.05, 0) is 49.0 Å². The highest BCUT2D eigenvalue weighted by molar-refractivity contribution is 5.28. The Morgan fingerprint density at radius 2 is 1.60 bits per heavy atom. The van der Waals surface area contributed by atoms with Gasteiger partial charge in [0, 0.05) is 13.1 Å². The highest BCUT2D eigenvalue weighted by Gasteiger charge is 2.12. The van der Waals surface area contributed by atoms with Gasteiger partial charge in [-0.2, -0.15) is 8.78 Å². The Bertz CT molecular complexity index is 635. The van der Waals surface area contributed by atoms with E-state index in [9.17, 15) is 18.3 Å². The summed E-state index contributed by atoms with van der Waals surface area (Å²) < 4.78 is 46.8. The number of halogens is 3.